The minimum Gasteiger partial charge on any atom is -0.756 e. The van der Waals surface area contributed by atoms with Gasteiger partial charge in [-0.3, -0.25) is 23.8 Å². The van der Waals surface area contributed by atoms with E-state index in [-0.39, 0.29) is 70.9 Å². The number of phosphoric acid groups is 2. The Hall–Kier alpha value is 0.420. The van der Waals surface area contributed by atoms with Crippen LogP contribution in [-0.2, 0) is 27.5 Å². The summed E-state index contributed by atoms with van der Waals surface area (Å²) in [4.78, 5) is 54.2. The van der Waals surface area contributed by atoms with Crippen LogP contribution in [0.1, 0.15) is 0 Å². The van der Waals surface area contributed by atoms with Crippen molar-refractivity contribution in [2.45, 2.75) is 30.6 Å². The first-order chi connectivity index (χ1) is 12.9. The normalized spacial score (nSPS) is 34.1. The second-order valence-corrected chi connectivity index (χ2v) is 8.43. The van der Waals surface area contributed by atoms with E-state index in [9.17, 15) is 33.9 Å². The Kier molecular flexibility index (Phi) is 10.0. The first kappa shape index (κ1) is 28.5. The largest absolute Gasteiger partial charge is 1.00 e. The summed E-state index contributed by atoms with van der Waals surface area (Å²) in [5, 5.41) is 20.2. The molecule has 0 aromatic carbocycles. The standard InChI is InChI=1S/C10H15N5O11P2.2Na/c11-10-13-7-4(8(18)14-10)12-2-15(7)9-6(17)5(16)3(25-9)1-24-28(22,23)26-27(19,20)21;;/h2-6,9,16-17H,1H2,(H,22,23)(H2,11,14,18)(H2,19,20,21);;/q;2*+1/p-2/t3-,4?,5-,6-,9-;;/m1../s1. The Balaban J connectivity index is 0.00000225. The van der Waals surface area contributed by atoms with Gasteiger partial charge in [0.1, 0.15) is 18.3 Å². The molecule has 1 amide bonds. The number of rotatable bonds is 6. The van der Waals surface area contributed by atoms with Crippen molar-refractivity contribution in [1.29, 1.82) is 0 Å². The molecule has 0 bridgehead atoms. The Morgan fingerprint density at radius 3 is 2.47 bits per heavy atom. The van der Waals surface area contributed by atoms with Gasteiger partial charge in [-0.05, 0) is 0 Å². The summed E-state index contributed by atoms with van der Waals surface area (Å²) in [6.07, 6.45) is -5.04. The topological polar surface area (TPSA) is 252 Å². The number of aliphatic hydroxyl groups excluding tert-OH is 2. The molecule has 16 nitrogen and oxygen atoms in total. The molecule has 3 rings (SSSR count). The summed E-state index contributed by atoms with van der Waals surface area (Å²) >= 11 is 0. The van der Waals surface area contributed by atoms with E-state index >= 15 is 0 Å². The number of hydrogen-bond acceptors (Lipinski definition) is 14. The number of hydrogen-bond donors (Lipinski definition) is 4. The maximum absolute atomic E-state index is 11.8. The molecule has 0 radical (unpaired) electrons. The van der Waals surface area contributed by atoms with Crippen LogP contribution in [0.15, 0.2) is 15.0 Å². The van der Waals surface area contributed by atoms with Gasteiger partial charge >= 0.3 is 59.1 Å². The number of guanidine groups is 1. The molecule has 0 aromatic heterocycles. The van der Waals surface area contributed by atoms with E-state index in [4.69, 9.17) is 15.4 Å². The van der Waals surface area contributed by atoms with Crippen molar-refractivity contribution in [2.75, 3.05) is 6.61 Å². The maximum atomic E-state index is 11.8. The zero-order valence-electron chi connectivity index (χ0n) is 15.5. The quantitative estimate of drug-likeness (QED) is 0.201. The van der Waals surface area contributed by atoms with Crippen LogP contribution in [-0.4, -0.2) is 81.2 Å². The van der Waals surface area contributed by atoms with Gasteiger partial charge in [0.2, 0.25) is 5.96 Å². The number of carbonyl (C=O) groups is 1. The van der Waals surface area contributed by atoms with E-state index in [0.717, 1.165) is 11.2 Å². The number of amides is 1. The molecule has 30 heavy (non-hydrogen) atoms. The molecule has 5 N–H and O–H groups in total. The molecule has 1 fully saturated rings. The second-order valence-electron chi connectivity index (χ2n) is 5.69. The number of phosphoric ester groups is 1. The average molecular weight is 487 g/mol. The number of carbonyl (C=O) groups excluding carboxylic acids is 1. The van der Waals surface area contributed by atoms with Gasteiger partial charge < -0.3 is 39.9 Å². The Morgan fingerprint density at radius 2 is 1.87 bits per heavy atom. The van der Waals surface area contributed by atoms with Gasteiger partial charge in [-0.15, -0.1) is 0 Å². The first-order valence-electron chi connectivity index (χ1n) is 7.38. The van der Waals surface area contributed by atoms with Gasteiger partial charge in [0.15, 0.2) is 18.1 Å². The molecule has 156 valence electrons. The monoisotopic (exact) mass is 487 g/mol. The van der Waals surface area contributed by atoms with Gasteiger partial charge in [-0.1, -0.05) is 0 Å². The molecule has 7 atom stereocenters. The SMILES string of the molecule is NC1=NC(=O)C2N=CN([C@@H]3O[C@H](COP(=O)([O-])OP(=O)([O-])O)[C@@H](O)[C@H]3O)C2=N1.[Na+].[Na+]. The van der Waals surface area contributed by atoms with E-state index in [0.29, 0.717) is 0 Å². The van der Waals surface area contributed by atoms with Crippen molar-refractivity contribution in [3.63, 3.8) is 0 Å². The summed E-state index contributed by atoms with van der Waals surface area (Å²) in [5.74, 6) is -1.08. The molecule has 3 unspecified atom stereocenters. The van der Waals surface area contributed by atoms with Crippen LogP contribution in [0.2, 0.25) is 0 Å². The minimum absolute atomic E-state index is 0. The molecule has 0 aromatic rings. The second kappa shape index (κ2) is 10.6. The van der Waals surface area contributed by atoms with Gasteiger partial charge in [-0.25, -0.2) is 4.31 Å². The molecule has 1 saturated heterocycles. The van der Waals surface area contributed by atoms with Crippen molar-refractivity contribution < 1.29 is 112 Å². The molecular weight excluding hydrogens is 474 g/mol. The van der Waals surface area contributed by atoms with Crippen LogP contribution in [0, 0.1) is 0 Å². The van der Waals surface area contributed by atoms with Crippen LogP contribution >= 0.6 is 15.6 Å². The predicted molar refractivity (Wildman–Crippen MR) is 83.3 cm³/mol. The van der Waals surface area contributed by atoms with E-state index < -0.39 is 58.7 Å². The third-order valence-corrected chi connectivity index (χ3v) is 5.84. The smallest absolute Gasteiger partial charge is 0.756 e. The number of ether oxygens (including phenoxy) is 1. The molecule has 0 saturated carbocycles. The Bertz CT molecular complexity index is 865. The fraction of sp³-hybridized carbons (Fsp3) is 0.600. The summed E-state index contributed by atoms with van der Waals surface area (Å²) < 4.78 is 34.8. The maximum Gasteiger partial charge on any atom is 1.00 e. The van der Waals surface area contributed by atoms with Crippen LogP contribution in [0.25, 0.3) is 0 Å². The molecule has 3 aliphatic rings. The third kappa shape index (κ3) is 6.48. The summed E-state index contributed by atoms with van der Waals surface area (Å²) in [6, 6.07) is -1.11. The molecular formula is C10H13N5Na2O11P2. The van der Waals surface area contributed by atoms with Crippen molar-refractivity contribution in [3.8, 4) is 0 Å². The Labute approximate surface area is 212 Å². The first-order valence-corrected chi connectivity index (χ1v) is 10.3. The fourth-order valence-electron chi connectivity index (χ4n) is 2.62. The van der Waals surface area contributed by atoms with E-state index in [1.807, 2.05) is 0 Å². The average Bonchev–Trinajstić information content (AvgIpc) is 3.06. The number of aliphatic hydroxyl groups is 2. The van der Waals surface area contributed by atoms with Gasteiger partial charge in [-0.2, -0.15) is 9.98 Å². The van der Waals surface area contributed by atoms with Crippen LogP contribution in [0.3, 0.4) is 0 Å². The third-order valence-electron chi connectivity index (χ3n) is 3.75. The molecule has 3 aliphatic heterocycles. The molecule has 20 heteroatoms. The molecule has 3 heterocycles. The van der Waals surface area contributed by atoms with Gasteiger partial charge in [0.25, 0.3) is 21.6 Å². The van der Waals surface area contributed by atoms with Crippen LogP contribution in [0.5, 0.6) is 0 Å². The van der Waals surface area contributed by atoms with Crippen molar-refractivity contribution >= 4 is 39.7 Å². The van der Waals surface area contributed by atoms with Crippen LogP contribution < -0.4 is 74.6 Å². The van der Waals surface area contributed by atoms with Gasteiger partial charge in [0.05, 0.1) is 12.9 Å². The van der Waals surface area contributed by atoms with Crippen LogP contribution in [0.4, 0.5) is 0 Å². The van der Waals surface area contributed by atoms with Crippen molar-refractivity contribution in [2.24, 2.45) is 20.7 Å². The summed E-state index contributed by atoms with van der Waals surface area (Å²) in [6.45, 7) is -0.959. The summed E-state index contributed by atoms with van der Waals surface area (Å²) in [7, 11) is -11.1. The van der Waals surface area contributed by atoms with Crippen molar-refractivity contribution in [3.05, 3.63) is 0 Å². The molecule has 0 aliphatic carbocycles. The molecule has 0 spiro atoms. The number of aliphatic imine (C=N–C) groups is 3. The zero-order chi connectivity index (χ0) is 20.9. The van der Waals surface area contributed by atoms with Crippen molar-refractivity contribution in [1.82, 2.24) is 4.90 Å². The number of fused-ring (bicyclic) bond motifs is 1. The number of nitrogens with zero attached hydrogens (tertiary/aromatic N) is 4. The number of amidine groups is 1. The van der Waals surface area contributed by atoms with Gasteiger partial charge in [0, 0.05) is 0 Å². The summed E-state index contributed by atoms with van der Waals surface area (Å²) in [5.41, 5.74) is 5.42. The van der Waals surface area contributed by atoms with E-state index in [1.54, 1.807) is 0 Å². The zero-order valence-corrected chi connectivity index (χ0v) is 21.3. The predicted octanol–water partition coefficient (Wildman–Crippen LogP) is -10.6. The Morgan fingerprint density at radius 1 is 1.23 bits per heavy atom. The fourth-order valence-corrected chi connectivity index (χ4v) is 4.15. The van der Waals surface area contributed by atoms with E-state index in [1.165, 1.54) is 0 Å². The number of nitrogens with two attached hydrogens (primary N) is 1. The van der Waals surface area contributed by atoms with E-state index in [2.05, 4.69) is 23.8 Å². The minimum atomic E-state index is -5.63.